The smallest absolute Gasteiger partial charge is 0.0206 e. The topological polar surface area (TPSA) is 3.24 Å². The van der Waals surface area contributed by atoms with Crippen molar-refractivity contribution in [2.75, 3.05) is 6.26 Å². The zero-order valence-corrected chi connectivity index (χ0v) is 7.36. The maximum atomic E-state index is 2.63. The molecule has 1 nitrogen and oxygen atoms in total. The van der Waals surface area contributed by atoms with Crippen molar-refractivity contribution in [3.63, 3.8) is 0 Å². The Morgan fingerprint density at radius 2 is 1.70 bits per heavy atom. The van der Waals surface area contributed by atoms with Gasteiger partial charge in [0.15, 0.2) is 0 Å². The van der Waals surface area contributed by atoms with Gasteiger partial charge in [-0.2, -0.15) is 0 Å². The largest absolute Gasteiger partial charge is 0.245 e. The summed E-state index contributed by atoms with van der Waals surface area (Å²) in [7, 11) is 0. The van der Waals surface area contributed by atoms with E-state index in [0.717, 1.165) is 12.1 Å². The molecule has 0 aromatic rings. The molecule has 2 atom stereocenters. The molecule has 0 saturated carbocycles. The molecule has 0 amide bonds. The molecule has 0 aliphatic carbocycles. The molecule has 0 aromatic carbocycles. The lowest BCUT2D eigenvalue weighted by atomic mass is 10.1. The molecular formula is C8H15NS. The molecule has 0 radical (unpaired) electrons. The zero-order valence-electron chi connectivity index (χ0n) is 6.55. The number of fused-ring (bicyclic) bond motifs is 2. The molecule has 2 heteroatoms. The van der Waals surface area contributed by atoms with Gasteiger partial charge in [-0.15, -0.1) is 0 Å². The van der Waals surface area contributed by atoms with Crippen LogP contribution in [-0.4, -0.2) is 22.6 Å². The summed E-state index contributed by atoms with van der Waals surface area (Å²) in [5.74, 6) is 0. The van der Waals surface area contributed by atoms with Crippen molar-refractivity contribution in [3.05, 3.63) is 0 Å². The molecule has 10 heavy (non-hydrogen) atoms. The van der Waals surface area contributed by atoms with Gasteiger partial charge in [0.1, 0.15) is 0 Å². The van der Waals surface area contributed by atoms with Gasteiger partial charge < -0.3 is 0 Å². The highest BCUT2D eigenvalue weighted by Gasteiger charge is 2.35. The average molecular weight is 157 g/mol. The standard InChI is InChI=1S/C8H15NS/c1-10-9-7-3-2-4-8(9)6-5-7/h7-8H,2-6H2,1H3. The zero-order chi connectivity index (χ0) is 6.97. The van der Waals surface area contributed by atoms with Crippen LogP contribution in [0.3, 0.4) is 0 Å². The minimum Gasteiger partial charge on any atom is -0.245 e. The van der Waals surface area contributed by atoms with Gasteiger partial charge in [-0.05, 0) is 31.9 Å². The fourth-order valence-electron chi connectivity index (χ4n) is 2.37. The van der Waals surface area contributed by atoms with Crippen LogP contribution in [0.2, 0.25) is 0 Å². The van der Waals surface area contributed by atoms with E-state index >= 15 is 0 Å². The number of rotatable bonds is 1. The van der Waals surface area contributed by atoms with E-state index in [-0.39, 0.29) is 0 Å². The molecule has 0 aromatic heterocycles. The van der Waals surface area contributed by atoms with E-state index in [2.05, 4.69) is 10.6 Å². The lowest BCUT2D eigenvalue weighted by Gasteiger charge is -2.32. The maximum Gasteiger partial charge on any atom is 0.0206 e. The van der Waals surface area contributed by atoms with Crippen molar-refractivity contribution in [3.8, 4) is 0 Å². The molecule has 58 valence electrons. The third-order valence-electron chi connectivity index (χ3n) is 2.84. The summed E-state index contributed by atoms with van der Waals surface area (Å²) in [6, 6.07) is 1.88. The minimum absolute atomic E-state index is 0.939. The first kappa shape index (κ1) is 6.99. The fourth-order valence-corrected chi connectivity index (χ4v) is 3.39. The molecule has 2 bridgehead atoms. The van der Waals surface area contributed by atoms with E-state index in [1.165, 1.54) is 32.1 Å². The van der Waals surface area contributed by atoms with Crippen LogP contribution < -0.4 is 0 Å². The van der Waals surface area contributed by atoms with Crippen molar-refractivity contribution >= 4 is 11.9 Å². The summed E-state index contributed by atoms with van der Waals surface area (Å²) >= 11 is 1.96. The van der Waals surface area contributed by atoms with Crippen LogP contribution in [0.25, 0.3) is 0 Å². The lowest BCUT2D eigenvalue weighted by molar-refractivity contribution is 0.271. The van der Waals surface area contributed by atoms with Gasteiger partial charge in [0.2, 0.25) is 0 Å². The quantitative estimate of drug-likeness (QED) is 0.537. The molecule has 2 aliphatic rings. The Kier molecular flexibility index (Phi) is 1.92. The van der Waals surface area contributed by atoms with Crippen molar-refractivity contribution in [2.24, 2.45) is 0 Å². The highest BCUT2D eigenvalue weighted by atomic mass is 32.2. The van der Waals surface area contributed by atoms with Crippen molar-refractivity contribution < 1.29 is 0 Å². The van der Waals surface area contributed by atoms with Gasteiger partial charge in [0.25, 0.3) is 0 Å². The van der Waals surface area contributed by atoms with E-state index in [9.17, 15) is 0 Å². The molecule has 2 aliphatic heterocycles. The Labute approximate surface area is 67.3 Å². The number of hydrogen-bond donors (Lipinski definition) is 0. The summed E-state index contributed by atoms with van der Waals surface area (Å²) in [4.78, 5) is 0. The second-order valence-electron chi connectivity index (χ2n) is 3.36. The molecule has 2 heterocycles. The predicted molar refractivity (Wildman–Crippen MR) is 46.0 cm³/mol. The molecule has 2 unspecified atom stereocenters. The summed E-state index contributed by atoms with van der Waals surface area (Å²) in [6.07, 6.45) is 9.54. The van der Waals surface area contributed by atoms with Gasteiger partial charge in [0.05, 0.1) is 0 Å². The van der Waals surface area contributed by atoms with E-state index in [1.54, 1.807) is 0 Å². The van der Waals surface area contributed by atoms with Crippen molar-refractivity contribution in [2.45, 2.75) is 44.2 Å². The van der Waals surface area contributed by atoms with Crippen molar-refractivity contribution in [1.82, 2.24) is 4.31 Å². The minimum atomic E-state index is 0.939. The second-order valence-corrected chi connectivity index (χ2v) is 4.15. The third kappa shape index (κ3) is 0.978. The number of nitrogens with zero attached hydrogens (tertiary/aromatic N) is 1. The molecule has 2 rings (SSSR count). The Hall–Kier alpha value is 0.310. The van der Waals surface area contributed by atoms with Crippen LogP contribution in [0.15, 0.2) is 0 Å². The lowest BCUT2D eigenvalue weighted by Crippen LogP contribution is -2.33. The summed E-state index contributed by atoms with van der Waals surface area (Å²) in [5, 5.41) is 0. The number of piperidine rings is 1. The van der Waals surface area contributed by atoms with E-state index in [4.69, 9.17) is 0 Å². The van der Waals surface area contributed by atoms with Gasteiger partial charge in [-0.1, -0.05) is 18.4 Å². The van der Waals surface area contributed by atoms with E-state index in [0.29, 0.717) is 0 Å². The molecular weight excluding hydrogens is 142 g/mol. The van der Waals surface area contributed by atoms with Gasteiger partial charge in [0, 0.05) is 12.1 Å². The molecule has 0 spiro atoms. The van der Waals surface area contributed by atoms with Crippen LogP contribution in [0.5, 0.6) is 0 Å². The Morgan fingerprint density at radius 1 is 1.10 bits per heavy atom. The van der Waals surface area contributed by atoms with Crippen LogP contribution in [0, 0.1) is 0 Å². The fraction of sp³-hybridized carbons (Fsp3) is 1.00. The SMILES string of the molecule is CSN1C2CCCC1CC2. The normalized spacial score (nSPS) is 40.5. The van der Waals surface area contributed by atoms with Crippen LogP contribution in [0.1, 0.15) is 32.1 Å². The van der Waals surface area contributed by atoms with Gasteiger partial charge in [-0.3, -0.25) is 0 Å². The van der Waals surface area contributed by atoms with E-state index < -0.39 is 0 Å². The first-order valence-electron chi connectivity index (χ1n) is 4.24. The number of hydrogen-bond acceptors (Lipinski definition) is 2. The average Bonchev–Trinajstić information content (AvgIpc) is 2.19. The van der Waals surface area contributed by atoms with Crippen LogP contribution >= 0.6 is 11.9 Å². The Morgan fingerprint density at radius 3 is 2.10 bits per heavy atom. The highest BCUT2D eigenvalue weighted by Crippen LogP contribution is 2.38. The first-order chi connectivity index (χ1) is 4.92. The Bertz CT molecular complexity index is 110. The van der Waals surface area contributed by atoms with E-state index in [1.807, 2.05) is 11.9 Å². The second kappa shape index (κ2) is 2.74. The Balaban J connectivity index is 2.06. The summed E-state index contributed by atoms with van der Waals surface area (Å²) in [6.45, 7) is 0. The van der Waals surface area contributed by atoms with Gasteiger partial charge in [-0.25, -0.2) is 4.31 Å². The van der Waals surface area contributed by atoms with Gasteiger partial charge >= 0.3 is 0 Å². The summed E-state index contributed by atoms with van der Waals surface area (Å²) in [5.41, 5.74) is 0. The highest BCUT2D eigenvalue weighted by molar-refractivity contribution is 7.96. The van der Waals surface area contributed by atoms with Crippen LogP contribution in [0.4, 0.5) is 0 Å². The van der Waals surface area contributed by atoms with Crippen LogP contribution in [-0.2, 0) is 0 Å². The maximum absolute atomic E-state index is 2.63. The monoisotopic (exact) mass is 157 g/mol. The molecule has 2 saturated heterocycles. The third-order valence-corrected chi connectivity index (χ3v) is 3.86. The summed E-state index contributed by atoms with van der Waals surface area (Å²) < 4.78 is 2.63. The molecule has 0 N–H and O–H groups in total. The first-order valence-corrected chi connectivity index (χ1v) is 5.42. The predicted octanol–water partition coefficient (Wildman–Crippen LogP) is 2.28. The van der Waals surface area contributed by atoms with Crippen molar-refractivity contribution in [1.29, 1.82) is 0 Å². The molecule has 2 fully saturated rings.